The maximum absolute atomic E-state index is 13.9. The van der Waals surface area contributed by atoms with Crippen molar-refractivity contribution in [2.24, 2.45) is 22.7 Å². The summed E-state index contributed by atoms with van der Waals surface area (Å²) in [5.74, 6) is -2.60. The van der Waals surface area contributed by atoms with E-state index in [1.807, 2.05) is 0 Å². The van der Waals surface area contributed by atoms with Gasteiger partial charge in [0.1, 0.15) is 5.60 Å². The van der Waals surface area contributed by atoms with E-state index in [4.69, 9.17) is 4.74 Å². The predicted octanol–water partition coefficient (Wildman–Crippen LogP) is 8.70. The third kappa shape index (κ3) is 8.33. The van der Waals surface area contributed by atoms with Crippen LogP contribution < -0.4 is 0 Å². The molecule has 282 valence electrons. The van der Waals surface area contributed by atoms with E-state index in [0.717, 1.165) is 0 Å². The van der Waals surface area contributed by atoms with Gasteiger partial charge in [-0.1, -0.05) is 61.5 Å². The van der Waals surface area contributed by atoms with E-state index in [9.17, 15) is 44.5 Å². The molecule has 4 saturated carbocycles. The number of halogens is 5. The van der Waals surface area contributed by atoms with Crippen molar-refractivity contribution >= 4 is 33.0 Å². The van der Waals surface area contributed by atoms with Crippen LogP contribution >= 0.6 is 0 Å². The number of carbonyl (C=O) groups is 2. The second-order valence-electron chi connectivity index (χ2n) is 14.6. The van der Waals surface area contributed by atoms with Crippen molar-refractivity contribution in [2.75, 3.05) is 0 Å². The predicted molar refractivity (Wildman–Crippen MR) is 182 cm³/mol. The Morgan fingerprint density at radius 1 is 0.808 bits per heavy atom. The minimum Gasteiger partial charge on any atom is -0.743 e. The molecule has 3 aromatic rings. The monoisotopic (exact) mass is 768 g/mol. The van der Waals surface area contributed by atoms with Crippen LogP contribution in [0.4, 0.5) is 22.0 Å². The van der Waals surface area contributed by atoms with Crippen molar-refractivity contribution in [1.29, 1.82) is 0 Å². The molecule has 0 radical (unpaired) electrons. The summed E-state index contributed by atoms with van der Waals surface area (Å²) in [4.78, 5) is 29.7. The van der Waals surface area contributed by atoms with Gasteiger partial charge >= 0.3 is 23.4 Å². The summed E-state index contributed by atoms with van der Waals surface area (Å²) < 4.78 is 110. The van der Waals surface area contributed by atoms with Gasteiger partial charge in [-0.25, -0.2) is 8.42 Å². The fraction of sp³-hybridized carbons (Fsp3) is 0.474. The van der Waals surface area contributed by atoms with Crippen molar-refractivity contribution in [3.63, 3.8) is 0 Å². The first kappa shape index (κ1) is 39.7. The van der Waals surface area contributed by atoms with Gasteiger partial charge in [-0.2, -0.15) is 22.0 Å². The summed E-state index contributed by atoms with van der Waals surface area (Å²) in [7, 11) is -6.80. The molecule has 7 nitrogen and oxygen atoms in total. The topological polar surface area (TPSA) is 110 Å². The Hall–Kier alpha value is -3.49. The number of carbonyl (C=O) groups excluding carboxylic acids is 2. The van der Waals surface area contributed by atoms with Gasteiger partial charge in [0, 0.05) is 6.42 Å². The van der Waals surface area contributed by atoms with Gasteiger partial charge in [-0.15, -0.1) is 0 Å². The second-order valence-corrected chi connectivity index (χ2v) is 18.1. The van der Waals surface area contributed by atoms with Crippen molar-refractivity contribution < 1.29 is 54.0 Å². The molecule has 52 heavy (non-hydrogen) atoms. The van der Waals surface area contributed by atoms with Crippen molar-refractivity contribution in [2.45, 2.75) is 104 Å². The van der Waals surface area contributed by atoms with Crippen LogP contribution in [0.3, 0.4) is 0 Å². The molecule has 3 unspecified atom stereocenters. The maximum atomic E-state index is 13.9. The van der Waals surface area contributed by atoms with Crippen molar-refractivity contribution in [1.82, 2.24) is 0 Å². The largest absolute Gasteiger partial charge is 0.743 e. The van der Waals surface area contributed by atoms with E-state index in [1.54, 1.807) is 20.8 Å². The van der Waals surface area contributed by atoms with Gasteiger partial charge in [0.15, 0.2) is 24.8 Å². The standard InChI is InChI=1S/C20H27F5O7S.C18H15S/c1-4-16(2,3)14(26)32-18-8-11-5-12(9-18)7-17(6-11,10-18)15(27)31-13(19(21,22)23)20(24,25)33(28,29)30;1-4-10-16(11-5-1)19(17-12-6-2-7-13-17)18-14-8-3-9-15-18/h11-13H,4-10H2,1-3H3,(H,28,29,30);1-15H/q;+1/p-1. The molecule has 0 aliphatic heterocycles. The number of rotatable bonds is 10. The molecule has 4 aliphatic carbocycles. The van der Waals surface area contributed by atoms with Gasteiger partial charge in [0.25, 0.3) is 6.10 Å². The van der Waals surface area contributed by atoms with Crippen LogP contribution in [0.1, 0.15) is 65.7 Å². The molecule has 7 rings (SSSR count). The Bertz CT molecular complexity index is 1710. The lowest BCUT2D eigenvalue weighted by Crippen LogP contribution is -2.62. The molecule has 0 N–H and O–H groups in total. The first-order valence-electron chi connectivity index (χ1n) is 17.0. The average Bonchev–Trinajstić information content (AvgIpc) is 3.07. The highest BCUT2D eigenvalue weighted by Gasteiger charge is 2.67. The first-order chi connectivity index (χ1) is 24.2. The van der Waals surface area contributed by atoms with Crippen molar-refractivity contribution in [3.8, 4) is 0 Å². The normalized spacial score (nSPS) is 24.8. The van der Waals surface area contributed by atoms with Gasteiger partial charge in [-0.05, 0) is 101 Å². The zero-order valence-corrected chi connectivity index (χ0v) is 30.5. The van der Waals surface area contributed by atoms with Crippen LogP contribution in [0.2, 0.25) is 0 Å². The molecular weight excluding hydrogens is 728 g/mol. The smallest absolute Gasteiger partial charge is 0.432 e. The minimum absolute atomic E-state index is 0.0146. The molecule has 0 aromatic heterocycles. The zero-order chi connectivity index (χ0) is 38.2. The lowest BCUT2D eigenvalue weighted by atomic mass is 9.48. The van der Waals surface area contributed by atoms with Crippen LogP contribution in [0.25, 0.3) is 0 Å². The number of ether oxygens (including phenoxy) is 2. The first-order valence-corrected chi connectivity index (χ1v) is 19.6. The number of benzene rings is 3. The molecule has 3 atom stereocenters. The summed E-state index contributed by atoms with van der Waals surface area (Å²) in [6, 6.07) is 32.2. The Morgan fingerprint density at radius 2 is 1.23 bits per heavy atom. The van der Waals surface area contributed by atoms with Gasteiger partial charge < -0.3 is 14.0 Å². The van der Waals surface area contributed by atoms with Crippen molar-refractivity contribution in [3.05, 3.63) is 91.0 Å². The van der Waals surface area contributed by atoms with Crippen LogP contribution in [0.5, 0.6) is 0 Å². The highest BCUT2D eigenvalue weighted by molar-refractivity contribution is 7.97. The zero-order valence-electron chi connectivity index (χ0n) is 28.9. The highest BCUT2D eigenvalue weighted by Crippen LogP contribution is 2.64. The molecule has 4 fully saturated rings. The van der Waals surface area contributed by atoms with E-state index in [-0.39, 0.29) is 42.0 Å². The van der Waals surface area contributed by atoms with Gasteiger partial charge in [0.05, 0.1) is 21.7 Å². The second kappa shape index (κ2) is 14.7. The molecule has 0 amide bonds. The Kier molecular flexibility index (Phi) is 11.3. The molecule has 0 heterocycles. The number of hydrogen-bond acceptors (Lipinski definition) is 7. The van der Waals surface area contributed by atoms with E-state index >= 15 is 0 Å². The molecule has 4 aliphatic rings. The van der Waals surface area contributed by atoms with E-state index in [1.165, 1.54) is 14.7 Å². The van der Waals surface area contributed by atoms with E-state index in [2.05, 4.69) is 95.7 Å². The van der Waals surface area contributed by atoms with Crippen LogP contribution in [-0.4, -0.2) is 48.0 Å². The van der Waals surface area contributed by atoms with E-state index < -0.39 is 56.0 Å². The third-order valence-electron chi connectivity index (χ3n) is 10.3. The number of alkyl halides is 5. The average molecular weight is 769 g/mol. The lowest BCUT2D eigenvalue weighted by molar-refractivity contribution is -0.270. The fourth-order valence-electron chi connectivity index (χ4n) is 7.78. The summed E-state index contributed by atoms with van der Waals surface area (Å²) in [5, 5.41) is -5.90. The Balaban J connectivity index is 0.000000231. The van der Waals surface area contributed by atoms with Gasteiger partial charge in [0.2, 0.25) is 0 Å². The number of hydrogen-bond donors (Lipinski definition) is 0. The minimum atomic E-state index is -6.78. The third-order valence-corrected chi connectivity index (χ3v) is 13.4. The maximum Gasteiger partial charge on any atom is 0.432 e. The van der Waals surface area contributed by atoms with Crippen LogP contribution in [0.15, 0.2) is 106 Å². The summed E-state index contributed by atoms with van der Waals surface area (Å²) in [6.45, 7) is 5.11. The summed E-state index contributed by atoms with van der Waals surface area (Å²) in [5.41, 5.74) is -3.64. The van der Waals surface area contributed by atoms with Crippen LogP contribution in [0, 0.1) is 22.7 Å². The Morgan fingerprint density at radius 3 is 1.60 bits per heavy atom. The highest BCUT2D eigenvalue weighted by atomic mass is 32.2. The molecule has 0 saturated heterocycles. The van der Waals surface area contributed by atoms with Crippen LogP contribution in [-0.2, 0) is 40.1 Å². The number of esters is 2. The summed E-state index contributed by atoms with van der Waals surface area (Å²) >= 11 is 0. The molecule has 3 aromatic carbocycles. The van der Waals surface area contributed by atoms with E-state index in [0.29, 0.717) is 25.7 Å². The molecular formula is C38H41F5O7S2. The molecule has 4 bridgehead atoms. The Labute approximate surface area is 303 Å². The lowest BCUT2D eigenvalue weighted by Gasteiger charge is -2.60. The molecule has 0 spiro atoms. The summed E-state index contributed by atoms with van der Waals surface area (Å²) in [6.07, 6.45) is -8.71. The van der Waals surface area contributed by atoms with Gasteiger partial charge in [-0.3, -0.25) is 9.59 Å². The quantitative estimate of drug-likeness (QED) is 0.0879. The molecule has 14 heteroatoms. The fourth-order valence-corrected chi connectivity index (χ4v) is 10.3. The SMILES string of the molecule is CCC(C)(C)C(=O)OC12CC3CC(C1)CC(C(=O)OC(C(F)(F)F)C(F)(F)S(=O)(=O)[O-])(C3)C2.c1ccc([S+](c2ccccc2)c2ccccc2)cc1.